The summed E-state index contributed by atoms with van der Waals surface area (Å²) in [7, 11) is -16.7. The molecule has 0 bridgehead atoms. The number of nitrogens with zero attached hydrogens (tertiary/aromatic N) is 4. The predicted molar refractivity (Wildman–Crippen MR) is 243 cm³/mol. The molecule has 1 fully saturated rings. The highest BCUT2D eigenvalue weighted by molar-refractivity contribution is 7.66. The minimum atomic E-state index is -5.72. The second-order valence-electron chi connectivity index (χ2n) is 16.3. The summed E-state index contributed by atoms with van der Waals surface area (Å²) in [5, 5.41) is 15.2. The lowest BCUT2D eigenvalue weighted by molar-refractivity contribution is -0.0242. The maximum Gasteiger partial charge on any atom is 0.490 e. The number of aromatic nitrogens is 2. The number of aromatic carboxylic acids is 1. The highest BCUT2D eigenvalue weighted by atomic mass is 31.3. The number of carbonyl (C=O) groups is 2. The standard InChI is InChI=1S/C43H47N6O16P3/c1-3-47-16-6-9-25-18-32-36(21-34(25)47)63-37-22-35-26(10-7-17-48(35)4-2)19-33(37)39(32)30-13-11-27(20-31(30)42(51)52)41(50)45-15-5-8-28-23-49(43(53)46-40(28)44)38-14-12-29(62-38)24-61-67(57,58)65-68(59,60)64-66(54,55)56/h11,13,18-23,29,38H,3-4,6-7,9-10,12,14-17,24H2,1-2H3,(H7-,44,45,46,50,51,52,53,54,55,56,57,58,59,60)/p+1/t29-,38+/m0/s1. The summed E-state index contributed by atoms with van der Waals surface area (Å²) < 4.78 is 62.5. The smallest absolute Gasteiger partial charge is 0.478 e. The van der Waals surface area contributed by atoms with Crippen LogP contribution in [0.2, 0.25) is 0 Å². The first kappa shape index (κ1) is 48.9. The summed E-state index contributed by atoms with van der Waals surface area (Å²) in [6, 6.07) is 12.9. The predicted octanol–water partition coefficient (Wildman–Crippen LogP) is 2.91. The molecule has 0 radical (unpaired) electrons. The number of carboxylic acids is 1. The van der Waals surface area contributed by atoms with Crippen LogP contribution in [0.5, 0.6) is 11.5 Å². The van der Waals surface area contributed by atoms with Gasteiger partial charge in [-0.3, -0.25) is 13.9 Å². The highest BCUT2D eigenvalue weighted by Crippen LogP contribution is 2.66. The van der Waals surface area contributed by atoms with E-state index in [1.54, 1.807) is 12.1 Å². The van der Waals surface area contributed by atoms with Crippen molar-refractivity contribution >= 4 is 52.4 Å². The lowest BCUT2D eigenvalue weighted by Gasteiger charge is -2.32. The van der Waals surface area contributed by atoms with Crippen LogP contribution < -0.4 is 41.5 Å². The number of nitrogen functional groups attached to an aromatic ring is 1. The molecular weight excluding hydrogens is 949 g/mol. The van der Waals surface area contributed by atoms with E-state index in [1.165, 1.54) is 12.3 Å². The van der Waals surface area contributed by atoms with Crippen LogP contribution in [-0.2, 0) is 44.4 Å². The first-order valence-corrected chi connectivity index (χ1v) is 26.1. The normalized spacial score (nSPS) is 19.2. The quantitative estimate of drug-likeness (QED) is 0.0478. The maximum absolute atomic E-state index is 13.5. The molecule has 4 aliphatic rings. The average Bonchev–Trinajstić information content (AvgIpc) is 3.75. The summed E-state index contributed by atoms with van der Waals surface area (Å²) in [5.41, 5.74) is 10.5. The fourth-order valence-corrected chi connectivity index (χ4v) is 11.9. The molecule has 4 aromatic rings. The molecule has 2 unspecified atom stereocenters. The van der Waals surface area contributed by atoms with Crippen molar-refractivity contribution in [2.75, 3.05) is 50.0 Å². The molecule has 8 N–H and O–H groups in total. The monoisotopic (exact) mass is 997 g/mol. The number of amides is 1. The second kappa shape index (κ2) is 19.5. The van der Waals surface area contributed by atoms with Gasteiger partial charge in [-0.25, -0.2) is 27.9 Å². The van der Waals surface area contributed by atoms with Crippen molar-refractivity contribution < 1.29 is 70.6 Å². The number of ether oxygens (including phenoxy) is 2. The van der Waals surface area contributed by atoms with E-state index in [0.29, 0.717) is 22.6 Å². The molecule has 0 spiro atoms. The van der Waals surface area contributed by atoms with E-state index in [9.17, 15) is 43.0 Å². The summed E-state index contributed by atoms with van der Waals surface area (Å²) in [4.78, 5) is 82.1. The molecule has 0 saturated carbocycles. The molecular formula is C43H48N6O16P3+. The van der Waals surface area contributed by atoms with E-state index in [-0.39, 0.29) is 41.9 Å². The zero-order chi connectivity index (χ0) is 48.7. The van der Waals surface area contributed by atoms with Crippen LogP contribution in [0.1, 0.15) is 94.3 Å². The van der Waals surface area contributed by atoms with Crippen LogP contribution in [0.25, 0.3) is 5.57 Å². The molecule has 22 nitrogen and oxygen atoms in total. The molecule has 0 aliphatic carbocycles. The van der Waals surface area contributed by atoms with Crippen molar-refractivity contribution in [1.82, 2.24) is 19.4 Å². The lowest BCUT2D eigenvalue weighted by Crippen LogP contribution is -2.39. The Hall–Kier alpha value is -5.52. The molecule has 68 heavy (non-hydrogen) atoms. The van der Waals surface area contributed by atoms with Crippen molar-refractivity contribution in [3.8, 4) is 23.3 Å². The number of benzene rings is 3. The Bertz CT molecular complexity index is 3150. The number of fused-ring (bicyclic) bond motifs is 4. The van der Waals surface area contributed by atoms with E-state index < -0.39 is 60.0 Å². The number of rotatable bonds is 14. The molecule has 1 saturated heterocycles. The van der Waals surface area contributed by atoms with Crippen molar-refractivity contribution in [3.63, 3.8) is 0 Å². The minimum absolute atomic E-state index is 0.0738. The van der Waals surface area contributed by atoms with Gasteiger partial charge in [-0.05, 0) is 81.3 Å². The molecule has 3 aromatic carbocycles. The van der Waals surface area contributed by atoms with E-state index in [4.69, 9.17) is 25.0 Å². The fourth-order valence-electron chi connectivity index (χ4n) is 8.87. The van der Waals surface area contributed by atoms with Gasteiger partial charge in [0, 0.05) is 64.9 Å². The Morgan fingerprint density at radius 1 is 0.971 bits per heavy atom. The van der Waals surface area contributed by atoms with Crippen LogP contribution in [0.3, 0.4) is 0 Å². The van der Waals surface area contributed by atoms with Gasteiger partial charge < -0.3 is 50.1 Å². The van der Waals surface area contributed by atoms with Gasteiger partial charge in [-0.15, -0.1) is 0 Å². The van der Waals surface area contributed by atoms with Crippen LogP contribution in [0.15, 0.2) is 53.5 Å². The lowest BCUT2D eigenvalue weighted by atomic mass is 9.86. The maximum atomic E-state index is 13.5. The molecule has 5 heterocycles. The van der Waals surface area contributed by atoms with Gasteiger partial charge in [0.1, 0.15) is 36.6 Å². The van der Waals surface area contributed by atoms with Gasteiger partial charge in [0.05, 0.1) is 36.4 Å². The van der Waals surface area contributed by atoms with Gasteiger partial charge in [-0.2, -0.15) is 13.6 Å². The van der Waals surface area contributed by atoms with Crippen molar-refractivity contribution in [2.24, 2.45) is 0 Å². The first-order valence-electron chi connectivity index (χ1n) is 21.6. The number of aryl methyl sites for hydroxylation is 2. The van der Waals surface area contributed by atoms with Crippen molar-refractivity contribution in [2.45, 2.75) is 64.7 Å². The second-order valence-corrected chi connectivity index (χ2v) is 20.7. The number of phosphoric ester groups is 1. The van der Waals surface area contributed by atoms with E-state index >= 15 is 0 Å². The molecule has 1 aromatic heterocycles. The summed E-state index contributed by atoms with van der Waals surface area (Å²) in [5.74, 6) is 4.69. The largest absolute Gasteiger partial charge is 0.490 e. The van der Waals surface area contributed by atoms with Gasteiger partial charge in [0.2, 0.25) is 5.36 Å². The van der Waals surface area contributed by atoms with E-state index in [2.05, 4.69) is 82.9 Å². The topological polar surface area (TPSA) is 312 Å². The Kier molecular flexibility index (Phi) is 14.0. The Morgan fingerprint density at radius 2 is 1.75 bits per heavy atom. The zero-order valence-electron chi connectivity index (χ0n) is 36.7. The number of carbonyl (C=O) groups excluding carboxylic acids is 1. The van der Waals surface area contributed by atoms with Gasteiger partial charge in [0.15, 0.2) is 0 Å². The number of phosphoric acid groups is 3. The summed E-state index contributed by atoms with van der Waals surface area (Å²) >= 11 is 0. The number of nitrogens with one attached hydrogen (secondary N) is 1. The van der Waals surface area contributed by atoms with Gasteiger partial charge in [-0.1, -0.05) is 17.9 Å². The Labute approximate surface area is 388 Å². The Balaban J connectivity index is 1.01. The first-order chi connectivity index (χ1) is 32.2. The molecule has 4 aliphatic heterocycles. The highest BCUT2D eigenvalue weighted by Gasteiger charge is 2.42. The number of nitrogens with two attached hydrogens (primary N) is 1. The molecule has 1 amide bonds. The number of anilines is 2. The molecule has 25 heteroatoms. The Morgan fingerprint density at radius 3 is 2.49 bits per heavy atom. The van der Waals surface area contributed by atoms with Crippen LogP contribution in [0.4, 0.5) is 11.5 Å². The number of carboxylic acid groups (broad SMARTS) is 1. The van der Waals surface area contributed by atoms with E-state index in [1.807, 2.05) is 0 Å². The molecule has 4 atom stereocenters. The third-order valence-corrected chi connectivity index (χ3v) is 15.7. The fraction of sp³-hybridized carbons (Fsp3) is 0.372. The minimum Gasteiger partial charge on any atom is -0.478 e. The van der Waals surface area contributed by atoms with Gasteiger partial charge >= 0.3 is 35.1 Å². The zero-order valence-corrected chi connectivity index (χ0v) is 39.4. The van der Waals surface area contributed by atoms with Crippen molar-refractivity contribution in [1.29, 1.82) is 0 Å². The van der Waals surface area contributed by atoms with E-state index in [0.717, 1.165) is 89.4 Å². The SMILES string of the molecule is CCN1CCCc2cc3c(cc21)Oc1cc2c(cc1=C3c1ccc(C(=O)NCC#Cc3cn([C@H]4CC[C@@H](COP(=O)(O)OP(=O)(O)OP(=O)(O)O)O4)c(=O)nc3N)cc1C(=O)O)CCC[N+]=2CC. The van der Waals surface area contributed by atoms with Crippen LogP contribution in [-0.4, -0.2) is 91.5 Å². The van der Waals surface area contributed by atoms with Crippen molar-refractivity contribution in [3.05, 3.63) is 109 Å². The van der Waals surface area contributed by atoms with Crippen LogP contribution in [0, 0.1) is 11.8 Å². The molecule has 360 valence electrons. The number of hydrogen-bond donors (Lipinski definition) is 7. The third-order valence-electron chi connectivity index (χ3n) is 11.9. The summed E-state index contributed by atoms with van der Waals surface area (Å²) in [6.07, 6.45) is 3.29. The summed E-state index contributed by atoms with van der Waals surface area (Å²) in [6.45, 7) is 6.81. The average molecular weight is 998 g/mol. The van der Waals surface area contributed by atoms with Gasteiger partial charge in [0.25, 0.3) is 5.91 Å². The number of hydrogen-bond acceptors (Lipinski definition) is 14. The van der Waals surface area contributed by atoms with Crippen LogP contribution >= 0.6 is 23.5 Å². The molecule has 8 rings (SSSR count). The third kappa shape index (κ3) is 10.7.